The van der Waals surface area contributed by atoms with Crippen LogP contribution in [0.2, 0.25) is 0 Å². The number of amides is 1. The molecule has 0 aliphatic rings. The molecule has 0 aliphatic carbocycles. The Morgan fingerprint density at radius 1 is 1.37 bits per heavy atom. The van der Waals surface area contributed by atoms with Crippen LogP contribution in [0.3, 0.4) is 0 Å². The number of nitrogens with one attached hydrogen (secondary N) is 1. The van der Waals surface area contributed by atoms with E-state index >= 15 is 0 Å². The van der Waals surface area contributed by atoms with Crippen LogP contribution < -0.4 is 5.32 Å². The van der Waals surface area contributed by atoms with E-state index in [0.717, 1.165) is 4.88 Å². The lowest BCUT2D eigenvalue weighted by molar-refractivity contribution is 0.102. The van der Waals surface area contributed by atoms with Crippen LogP contribution in [-0.2, 0) is 0 Å². The summed E-state index contributed by atoms with van der Waals surface area (Å²) < 4.78 is 5.52. The fourth-order valence-electron chi connectivity index (χ4n) is 1.55. The number of carbonyl (C=O) groups is 1. The molecule has 0 fully saturated rings. The van der Waals surface area contributed by atoms with Gasteiger partial charge in [-0.15, -0.1) is 22.7 Å². The number of thiophene rings is 1. The molecule has 1 amide bonds. The molecule has 0 spiro atoms. The Bertz CT molecular complexity index is 687. The molecule has 19 heavy (non-hydrogen) atoms. The van der Waals surface area contributed by atoms with Crippen molar-refractivity contribution < 1.29 is 9.21 Å². The topological polar surface area (TPSA) is 68.0 Å². The molecule has 3 rings (SSSR count). The third-order valence-electron chi connectivity index (χ3n) is 2.40. The predicted molar refractivity (Wildman–Crippen MR) is 74.6 cm³/mol. The van der Waals surface area contributed by atoms with Gasteiger partial charge in [0.2, 0.25) is 5.89 Å². The van der Waals surface area contributed by atoms with Gasteiger partial charge in [-0.3, -0.25) is 10.1 Å². The molecule has 3 aromatic rings. The summed E-state index contributed by atoms with van der Waals surface area (Å²) in [5.74, 6) is 0.660. The van der Waals surface area contributed by atoms with Crippen LogP contribution in [0.5, 0.6) is 0 Å². The molecular weight excluding hydrogens is 282 g/mol. The number of aryl methyl sites for hydroxylation is 1. The number of aromatic nitrogens is 2. The highest BCUT2D eigenvalue weighted by atomic mass is 32.1. The first kappa shape index (κ1) is 12.1. The normalized spacial score (nSPS) is 10.6. The number of hydrogen-bond donors (Lipinski definition) is 1. The minimum Gasteiger partial charge on any atom is -0.440 e. The molecule has 1 N–H and O–H groups in total. The fraction of sp³-hybridized carbons (Fsp3) is 0.0833. The first-order valence-corrected chi connectivity index (χ1v) is 7.22. The van der Waals surface area contributed by atoms with Gasteiger partial charge in [0.25, 0.3) is 5.91 Å². The van der Waals surface area contributed by atoms with E-state index in [1.54, 1.807) is 18.5 Å². The van der Waals surface area contributed by atoms with Crippen LogP contribution >= 0.6 is 22.7 Å². The van der Waals surface area contributed by atoms with Crippen LogP contribution in [0.1, 0.15) is 16.2 Å². The molecular formula is C12H9N3O2S2. The Labute approximate surface area is 117 Å². The van der Waals surface area contributed by atoms with Gasteiger partial charge in [-0.05, 0) is 18.4 Å². The quantitative estimate of drug-likeness (QED) is 0.803. The molecule has 3 aromatic heterocycles. The van der Waals surface area contributed by atoms with Crippen molar-refractivity contribution in [2.45, 2.75) is 6.92 Å². The summed E-state index contributed by atoms with van der Waals surface area (Å²) >= 11 is 2.87. The number of carbonyl (C=O) groups excluding carboxylic acids is 1. The molecule has 0 aliphatic heterocycles. The summed E-state index contributed by atoms with van der Waals surface area (Å²) in [6.45, 7) is 1.72. The van der Waals surface area contributed by atoms with E-state index in [2.05, 4.69) is 15.3 Å². The van der Waals surface area contributed by atoms with Crippen LogP contribution in [-0.4, -0.2) is 15.9 Å². The Balaban J connectivity index is 1.87. The van der Waals surface area contributed by atoms with E-state index in [0.29, 0.717) is 22.5 Å². The van der Waals surface area contributed by atoms with Gasteiger partial charge < -0.3 is 4.42 Å². The Morgan fingerprint density at radius 3 is 2.95 bits per heavy atom. The number of rotatable bonds is 3. The molecule has 0 bridgehead atoms. The molecule has 0 unspecified atom stereocenters. The molecule has 5 nitrogen and oxygen atoms in total. The van der Waals surface area contributed by atoms with Crippen molar-refractivity contribution in [3.63, 3.8) is 0 Å². The SMILES string of the molecule is Cc1oc(-c2cccs2)nc1C(=O)Nc1nccs1. The van der Waals surface area contributed by atoms with Crippen molar-refractivity contribution in [1.82, 2.24) is 9.97 Å². The molecule has 3 heterocycles. The highest BCUT2D eigenvalue weighted by Gasteiger charge is 2.19. The molecule has 7 heteroatoms. The van der Waals surface area contributed by atoms with Crippen LogP contribution in [0.25, 0.3) is 10.8 Å². The number of anilines is 1. The number of hydrogen-bond acceptors (Lipinski definition) is 6. The fourth-order valence-corrected chi connectivity index (χ4v) is 2.73. The maximum atomic E-state index is 12.1. The van der Waals surface area contributed by atoms with Gasteiger partial charge in [-0.1, -0.05) is 6.07 Å². The maximum Gasteiger partial charge on any atom is 0.279 e. The number of nitrogens with zero attached hydrogens (tertiary/aromatic N) is 2. The molecule has 0 radical (unpaired) electrons. The summed E-state index contributed by atoms with van der Waals surface area (Å²) in [6.07, 6.45) is 1.63. The van der Waals surface area contributed by atoms with E-state index in [9.17, 15) is 4.79 Å². The average Bonchev–Trinajstić information content (AvgIpc) is 3.07. The van der Waals surface area contributed by atoms with Crippen LogP contribution in [0, 0.1) is 6.92 Å². The van der Waals surface area contributed by atoms with Crippen molar-refractivity contribution in [2.75, 3.05) is 5.32 Å². The van der Waals surface area contributed by atoms with Crippen molar-refractivity contribution in [3.05, 3.63) is 40.5 Å². The van der Waals surface area contributed by atoms with E-state index in [-0.39, 0.29) is 5.91 Å². The van der Waals surface area contributed by atoms with E-state index in [1.165, 1.54) is 22.7 Å². The monoisotopic (exact) mass is 291 g/mol. The lowest BCUT2D eigenvalue weighted by Gasteiger charge is -1.97. The third-order valence-corrected chi connectivity index (χ3v) is 3.94. The zero-order chi connectivity index (χ0) is 13.2. The second-order valence-electron chi connectivity index (χ2n) is 3.69. The Morgan fingerprint density at radius 2 is 2.26 bits per heavy atom. The highest BCUT2D eigenvalue weighted by molar-refractivity contribution is 7.14. The second kappa shape index (κ2) is 4.94. The third kappa shape index (κ3) is 2.42. The number of oxazole rings is 1. The standard InChI is InChI=1S/C12H9N3O2S2/c1-7-9(10(16)15-12-13-4-6-19-12)14-11(17-7)8-3-2-5-18-8/h2-6H,1H3,(H,13,15,16). The molecule has 96 valence electrons. The summed E-state index contributed by atoms with van der Waals surface area (Å²) in [5, 5.41) is 6.96. The van der Waals surface area contributed by atoms with Crippen molar-refractivity contribution in [3.8, 4) is 10.8 Å². The second-order valence-corrected chi connectivity index (χ2v) is 5.53. The molecule has 0 aromatic carbocycles. The maximum absolute atomic E-state index is 12.1. The Kier molecular flexibility index (Phi) is 3.14. The first-order valence-electron chi connectivity index (χ1n) is 5.46. The first-order chi connectivity index (χ1) is 9.24. The van der Waals surface area contributed by atoms with Crippen molar-refractivity contribution in [1.29, 1.82) is 0 Å². The van der Waals surface area contributed by atoms with E-state index in [4.69, 9.17) is 4.42 Å². The summed E-state index contributed by atoms with van der Waals surface area (Å²) in [5.41, 5.74) is 0.290. The van der Waals surface area contributed by atoms with Gasteiger partial charge >= 0.3 is 0 Å². The van der Waals surface area contributed by atoms with Gasteiger partial charge in [0.1, 0.15) is 5.76 Å². The van der Waals surface area contributed by atoms with Gasteiger partial charge in [-0.2, -0.15) is 0 Å². The van der Waals surface area contributed by atoms with E-state index < -0.39 is 0 Å². The van der Waals surface area contributed by atoms with Crippen molar-refractivity contribution in [2.24, 2.45) is 0 Å². The molecule has 0 saturated carbocycles. The van der Waals surface area contributed by atoms with Crippen LogP contribution in [0.15, 0.2) is 33.5 Å². The molecule has 0 atom stereocenters. The largest absolute Gasteiger partial charge is 0.440 e. The minimum absolute atomic E-state index is 0.290. The predicted octanol–water partition coefficient (Wildman–Crippen LogP) is 3.42. The zero-order valence-electron chi connectivity index (χ0n) is 9.91. The van der Waals surface area contributed by atoms with Gasteiger partial charge in [0.05, 0.1) is 4.88 Å². The van der Waals surface area contributed by atoms with Gasteiger partial charge in [0.15, 0.2) is 10.8 Å². The zero-order valence-corrected chi connectivity index (χ0v) is 11.5. The smallest absolute Gasteiger partial charge is 0.279 e. The number of thiazole rings is 1. The summed E-state index contributed by atoms with van der Waals surface area (Å²) in [7, 11) is 0. The van der Waals surface area contributed by atoms with Gasteiger partial charge in [0, 0.05) is 11.6 Å². The average molecular weight is 291 g/mol. The summed E-state index contributed by atoms with van der Waals surface area (Å²) in [6, 6.07) is 3.81. The lowest BCUT2D eigenvalue weighted by Crippen LogP contribution is -2.13. The van der Waals surface area contributed by atoms with E-state index in [1.807, 2.05) is 17.5 Å². The Hall–Kier alpha value is -1.99. The molecule has 0 saturated heterocycles. The van der Waals surface area contributed by atoms with Crippen LogP contribution in [0.4, 0.5) is 5.13 Å². The highest BCUT2D eigenvalue weighted by Crippen LogP contribution is 2.26. The van der Waals surface area contributed by atoms with Crippen molar-refractivity contribution >= 4 is 33.7 Å². The summed E-state index contributed by atoms with van der Waals surface area (Å²) in [4.78, 5) is 21.2. The van der Waals surface area contributed by atoms with Gasteiger partial charge in [-0.25, -0.2) is 9.97 Å². The lowest BCUT2D eigenvalue weighted by atomic mass is 10.3. The minimum atomic E-state index is -0.306.